The molecule has 0 bridgehead atoms. The van der Waals surface area contributed by atoms with Crippen molar-refractivity contribution < 1.29 is 9.13 Å². The van der Waals surface area contributed by atoms with Crippen LogP contribution in [-0.2, 0) is 4.74 Å². The van der Waals surface area contributed by atoms with Gasteiger partial charge in [-0.05, 0) is 19.3 Å². The normalized spacial score (nSPS) is 29.1. The standard InChI is InChI=1S/C11H21FO/c1-2-3-4-5-6-11-8-7-10(12)9-13-11/h10-11H,2-9H2,1H3. The maximum absolute atomic E-state index is 12.7. The number of rotatable bonds is 5. The van der Waals surface area contributed by atoms with Crippen LogP contribution < -0.4 is 0 Å². The molecule has 13 heavy (non-hydrogen) atoms. The molecule has 1 fully saturated rings. The first-order valence-electron chi connectivity index (χ1n) is 5.58. The van der Waals surface area contributed by atoms with Crippen molar-refractivity contribution in [2.24, 2.45) is 0 Å². The molecule has 1 rings (SSSR count). The Morgan fingerprint density at radius 3 is 2.69 bits per heavy atom. The molecule has 0 N–H and O–H groups in total. The average Bonchev–Trinajstić information content (AvgIpc) is 2.15. The first kappa shape index (κ1) is 11.0. The van der Waals surface area contributed by atoms with Gasteiger partial charge in [-0.25, -0.2) is 4.39 Å². The zero-order valence-corrected chi connectivity index (χ0v) is 8.60. The topological polar surface area (TPSA) is 9.23 Å². The van der Waals surface area contributed by atoms with Gasteiger partial charge in [0.2, 0.25) is 0 Å². The van der Waals surface area contributed by atoms with Crippen molar-refractivity contribution in [2.45, 2.75) is 64.1 Å². The van der Waals surface area contributed by atoms with Crippen LogP contribution in [0.5, 0.6) is 0 Å². The summed E-state index contributed by atoms with van der Waals surface area (Å²) in [4.78, 5) is 0. The Labute approximate surface area is 80.7 Å². The summed E-state index contributed by atoms with van der Waals surface area (Å²) >= 11 is 0. The molecule has 0 aromatic carbocycles. The smallest absolute Gasteiger partial charge is 0.123 e. The van der Waals surface area contributed by atoms with Crippen LogP contribution >= 0.6 is 0 Å². The van der Waals surface area contributed by atoms with E-state index in [1.165, 1.54) is 25.7 Å². The molecule has 1 aliphatic heterocycles. The molecule has 1 aliphatic rings. The van der Waals surface area contributed by atoms with Crippen LogP contribution in [0.1, 0.15) is 51.9 Å². The van der Waals surface area contributed by atoms with Crippen molar-refractivity contribution in [2.75, 3.05) is 6.61 Å². The highest BCUT2D eigenvalue weighted by molar-refractivity contribution is 4.69. The molecule has 0 spiro atoms. The fraction of sp³-hybridized carbons (Fsp3) is 1.00. The molecular weight excluding hydrogens is 167 g/mol. The molecule has 2 atom stereocenters. The first-order chi connectivity index (χ1) is 6.33. The van der Waals surface area contributed by atoms with Gasteiger partial charge in [-0.3, -0.25) is 0 Å². The maximum atomic E-state index is 12.7. The summed E-state index contributed by atoms with van der Waals surface area (Å²) < 4.78 is 18.1. The predicted octanol–water partition coefficient (Wildman–Crippen LogP) is 3.47. The third-order valence-corrected chi connectivity index (χ3v) is 2.69. The summed E-state index contributed by atoms with van der Waals surface area (Å²) in [6.45, 7) is 2.54. The fourth-order valence-corrected chi connectivity index (χ4v) is 1.80. The maximum Gasteiger partial charge on any atom is 0.123 e. The molecule has 1 heterocycles. The monoisotopic (exact) mass is 188 g/mol. The Bertz CT molecular complexity index is 119. The van der Waals surface area contributed by atoms with E-state index in [2.05, 4.69) is 6.92 Å². The van der Waals surface area contributed by atoms with Gasteiger partial charge in [0.05, 0.1) is 12.7 Å². The van der Waals surface area contributed by atoms with E-state index in [0.29, 0.717) is 19.1 Å². The van der Waals surface area contributed by atoms with Crippen LogP contribution in [0.2, 0.25) is 0 Å². The first-order valence-corrected chi connectivity index (χ1v) is 5.58. The van der Waals surface area contributed by atoms with Crippen molar-refractivity contribution in [1.82, 2.24) is 0 Å². The third-order valence-electron chi connectivity index (χ3n) is 2.69. The Balaban J connectivity index is 1.96. The molecule has 0 aliphatic carbocycles. The Kier molecular flexibility index (Phi) is 5.37. The van der Waals surface area contributed by atoms with Crippen LogP contribution in [0.3, 0.4) is 0 Å². The van der Waals surface area contributed by atoms with Crippen molar-refractivity contribution in [3.8, 4) is 0 Å². The van der Waals surface area contributed by atoms with E-state index >= 15 is 0 Å². The van der Waals surface area contributed by atoms with Crippen LogP contribution in [0.25, 0.3) is 0 Å². The molecular formula is C11H21FO. The van der Waals surface area contributed by atoms with E-state index in [4.69, 9.17) is 4.74 Å². The van der Waals surface area contributed by atoms with Crippen LogP contribution in [0.15, 0.2) is 0 Å². The van der Waals surface area contributed by atoms with Gasteiger partial charge >= 0.3 is 0 Å². The molecule has 0 aromatic heterocycles. The highest BCUT2D eigenvalue weighted by atomic mass is 19.1. The van der Waals surface area contributed by atoms with E-state index in [9.17, 15) is 4.39 Å². The second-order valence-electron chi connectivity index (χ2n) is 3.98. The third kappa shape index (κ3) is 4.61. The molecule has 1 nitrogen and oxygen atoms in total. The highest BCUT2D eigenvalue weighted by Gasteiger charge is 2.20. The van der Waals surface area contributed by atoms with Gasteiger partial charge in [0.1, 0.15) is 6.17 Å². The number of ether oxygens (including phenoxy) is 1. The SMILES string of the molecule is CCCCCCC1CCC(F)CO1. The number of unbranched alkanes of at least 4 members (excludes halogenated alkanes) is 3. The van der Waals surface area contributed by atoms with Gasteiger partial charge in [-0.1, -0.05) is 32.6 Å². The molecule has 78 valence electrons. The van der Waals surface area contributed by atoms with Gasteiger partial charge in [0, 0.05) is 0 Å². The zero-order valence-electron chi connectivity index (χ0n) is 8.60. The van der Waals surface area contributed by atoms with E-state index < -0.39 is 6.17 Å². The average molecular weight is 188 g/mol. The number of hydrogen-bond acceptors (Lipinski definition) is 1. The van der Waals surface area contributed by atoms with E-state index in [-0.39, 0.29) is 0 Å². The molecule has 0 saturated carbocycles. The largest absolute Gasteiger partial charge is 0.375 e. The Morgan fingerprint density at radius 2 is 2.08 bits per heavy atom. The summed E-state index contributed by atoms with van der Waals surface area (Å²) in [5, 5.41) is 0. The van der Waals surface area contributed by atoms with E-state index in [1.54, 1.807) is 0 Å². The summed E-state index contributed by atoms with van der Waals surface area (Å²) in [7, 11) is 0. The predicted molar refractivity (Wildman–Crippen MR) is 52.6 cm³/mol. The summed E-state index contributed by atoms with van der Waals surface area (Å²) in [5.74, 6) is 0. The minimum Gasteiger partial charge on any atom is -0.375 e. The second-order valence-corrected chi connectivity index (χ2v) is 3.98. The molecule has 0 aromatic rings. The van der Waals surface area contributed by atoms with Gasteiger partial charge in [0.15, 0.2) is 0 Å². The van der Waals surface area contributed by atoms with Crippen molar-refractivity contribution >= 4 is 0 Å². The lowest BCUT2D eigenvalue weighted by atomic mass is 10.0. The van der Waals surface area contributed by atoms with Crippen LogP contribution in [-0.4, -0.2) is 18.9 Å². The minimum absolute atomic E-state index is 0.332. The molecule has 0 radical (unpaired) electrons. The zero-order chi connectivity index (χ0) is 9.52. The van der Waals surface area contributed by atoms with Crippen molar-refractivity contribution in [1.29, 1.82) is 0 Å². The number of hydrogen-bond donors (Lipinski definition) is 0. The molecule has 2 unspecified atom stereocenters. The van der Waals surface area contributed by atoms with Crippen LogP contribution in [0.4, 0.5) is 4.39 Å². The van der Waals surface area contributed by atoms with Gasteiger partial charge in [-0.2, -0.15) is 0 Å². The quantitative estimate of drug-likeness (QED) is 0.600. The van der Waals surface area contributed by atoms with Gasteiger partial charge in [-0.15, -0.1) is 0 Å². The summed E-state index contributed by atoms with van der Waals surface area (Å²) in [6.07, 6.45) is 7.55. The Morgan fingerprint density at radius 1 is 1.23 bits per heavy atom. The number of halogens is 1. The summed E-state index contributed by atoms with van der Waals surface area (Å²) in [6, 6.07) is 0. The van der Waals surface area contributed by atoms with Crippen molar-refractivity contribution in [3.05, 3.63) is 0 Å². The minimum atomic E-state index is -0.702. The lowest BCUT2D eigenvalue weighted by molar-refractivity contribution is -0.0309. The van der Waals surface area contributed by atoms with E-state index in [0.717, 1.165) is 12.8 Å². The van der Waals surface area contributed by atoms with Crippen molar-refractivity contribution in [3.63, 3.8) is 0 Å². The van der Waals surface area contributed by atoms with Gasteiger partial charge in [0.25, 0.3) is 0 Å². The summed E-state index contributed by atoms with van der Waals surface area (Å²) in [5.41, 5.74) is 0. The highest BCUT2D eigenvalue weighted by Crippen LogP contribution is 2.20. The lowest BCUT2D eigenvalue weighted by Crippen LogP contribution is -2.26. The van der Waals surface area contributed by atoms with E-state index in [1.807, 2.05) is 0 Å². The molecule has 1 saturated heterocycles. The molecule has 0 amide bonds. The Hall–Kier alpha value is -0.110. The molecule has 2 heteroatoms. The number of alkyl halides is 1. The fourth-order valence-electron chi connectivity index (χ4n) is 1.80. The van der Waals surface area contributed by atoms with Gasteiger partial charge < -0.3 is 4.74 Å². The second kappa shape index (κ2) is 6.36. The lowest BCUT2D eigenvalue weighted by Gasteiger charge is -2.24. The van der Waals surface area contributed by atoms with Crippen LogP contribution in [0, 0.1) is 0 Å².